The molecule has 0 saturated heterocycles. The van der Waals surface area contributed by atoms with Gasteiger partial charge in [0, 0.05) is 7.05 Å². The molecule has 1 aliphatic rings. The molecule has 0 radical (unpaired) electrons. The van der Waals surface area contributed by atoms with Crippen LogP contribution in [0.3, 0.4) is 0 Å². The summed E-state index contributed by atoms with van der Waals surface area (Å²) in [6.07, 6.45) is 1.80. The van der Waals surface area contributed by atoms with E-state index in [0.717, 1.165) is 11.1 Å². The van der Waals surface area contributed by atoms with E-state index in [0.29, 0.717) is 15.8 Å². The fourth-order valence-corrected chi connectivity index (χ4v) is 3.39. The average Bonchev–Trinajstić information content (AvgIpc) is 2.95. The number of amides is 1. The summed E-state index contributed by atoms with van der Waals surface area (Å²) in [7, 11) is 1.70. The smallest absolute Gasteiger partial charge is 0.337 e. The molecule has 1 N–H and O–H groups in total. The van der Waals surface area contributed by atoms with Gasteiger partial charge in [0.25, 0.3) is 5.91 Å². The van der Waals surface area contributed by atoms with Crippen LogP contribution in [0.4, 0.5) is 5.69 Å². The Morgan fingerprint density at radius 3 is 2.68 bits per heavy atom. The minimum Gasteiger partial charge on any atom is -0.478 e. The van der Waals surface area contributed by atoms with E-state index in [1.807, 2.05) is 31.2 Å². The predicted octanol–water partition coefficient (Wildman–Crippen LogP) is 3.80. The van der Waals surface area contributed by atoms with E-state index in [2.05, 4.69) is 4.99 Å². The molecule has 2 aromatic carbocycles. The van der Waals surface area contributed by atoms with Gasteiger partial charge in [0.2, 0.25) is 0 Å². The van der Waals surface area contributed by atoms with E-state index in [-0.39, 0.29) is 11.5 Å². The van der Waals surface area contributed by atoms with E-state index >= 15 is 0 Å². The second-order valence-electron chi connectivity index (χ2n) is 5.61. The maximum Gasteiger partial charge on any atom is 0.337 e. The minimum absolute atomic E-state index is 0.164. The van der Waals surface area contributed by atoms with Crippen molar-refractivity contribution in [2.75, 3.05) is 11.9 Å². The van der Waals surface area contributed by atoms with Gasteiger partial charge >= 0.3 is 5.97 Å². The number of carboxylic acids is 1. The van der Waals surface area contributed by atoms with Gasteiger partial charge in [-0.2, -0.15) is 4.99 Å². The van der Waals surface area contributed by atoms with Gasteiger partial charge < -0.3 is 10.0 Å². The molecule has 0 aromatic heterocycles. The summed E-state index contributed by atoms with van der Waals surface area (Å²) in [5.74, 6) is -1.34. The quantitative estimate of drug-likeness (QED) is 0.851. The number of aryl methyl sites for hydroxylation is 1. The highest BCUT2D eigenvalue weighted by Crippen LogP contribution is 2.32. The maximum absolute atomic E-state index is 12.2. The van der Waals surface area contributed by atoms with Gasteiger partial charge in [0.1, 0.15) is 0 Å². The fraction of sp³-hybridized carbons (Fsp3) is 0.105. The molecule has 0 saturated carbocycles. The number of para-hydroxylation sites is 1. The van der Waals surface area contributed by atoms with Crippen molar-refractivity contribution in [3.05, 3.63) is 70.1 Å². The number of carbonyl (C=O) groups excluding carboxylic acids is 1. The lowest BCUT2D eigenvalue weighted by Gasteiger charge is -2.19. The Morgan fingerprint density at radius 1 is 1.20 bits per heavy atom. The number of thioether (sulfide) groups is 1. The van der Waals surface area contributed by atoms with Crippen molar-refractivity contribution in [2.24, 2.45) is 4.99 Å². The topological polar surface area (TPSA) is 70.0 Å². The van der Waals surface area contributed by atoms with Gasteiger partial charge in [0.05, 0.1) is 16.2 Å². The van der Waals surface area contributed by atoms with E-state index < -0.39 is 5.97 Å². The van der Waals surface area contributed by atoms with Gasteiger partial charge in [-0.15, -0.1) is 0 Å². The van der Waals surface area contributed by atoms with Crippen LogP contribution in [0.25, 0.3) is 6.08 Å². The van der Waals surface area contributed by atoms with Crippen LogP contribution in [0, 0.1) is 6.92 Å². The SMILES string of the molecule is Cc1cccc(/C=C2\SC(N(C)c3ccccc3C(=O)O)=NC2=O)c1. The van der Waals surface area contributed by atoms with Crippen molar-refractivity contribution in [2.45, 2.75) is 6.92 Å². The molecule has 0 bridgehead atoms. The lowest BCUT2D eigenvalue weighted by atomic mass is 10.1. The molecule has 25 heavy (non-hydrogen) atoms. The summed E-state index contributed by atoms with van der Waals surface area (Å²) in [6, 6.07) is 14.5. The molecule has 0 spiro atoms. The van der Waals surface area contributed by atoms with Crippen LogP contribution in [-0.2, 0) is 4.79 Å². The summed E-state index contributed by atoms with van der Waals surface area (Å²) in [4.78, 5) is 29.8. The summed E-state index contributed by atoms with van der Waals surface area (Å²) in [5.41, 5.74) is 2.70. The zero-order chi connectivity index (χ0) is 18.0. The Kier molecular flexibility index (Phi) is 4.72. The van der Waals surface area contributed by atoms with Crippen molar-refractivity contribution >= 4 is 40.6 Å². The molecule has 3 rings (SSSR count). The van der Waals surface area contributed by atoms with Gasteiger partial charge in [0.15, 0.2) is 5.17 Å². The van der Waals surface area contributed by atoms with E-state index in [1.165, 1.54) is 17.8 Å². The zero-order valence-electron chi connectivity index (χ0n) is 13.8. The lowest BCUT2D eigenvalue weighted by Crippen LogP contribution is -2.24. The number of carboxylic acid groups (broad SMARTS) is 1. The van der Waals surface area contributed by atoms with Crippen molar-refractivity contribution in [3.63, 3.8) is 0 Å². The summed E-state index contributed by atoms with van der Waals surface area (Å²) < 4.78 is 0. The van der Waals surface area contributed by atoms with Gasteiger partial charge in [-0.05, 0) is 42.5 Å². The van der Waals surface area contributed by atoms with Crippen molar-refractivity contribution in [1.82, 2.24) is 0 Å². The third-order valence-corrected chi connectivity index (χ3v) is 4.79. The second-order valence-corrected chi connectivity index (χ2v) is 6.61. The largest absolute Gasteiger partial charge is 0.478 e. The number of hydrogen-bond acceptors (Lipinski definition) is 4. The van der Waals surface area contributed by atoms with Gasteiger partial charge in [-0.3, -0.25) is 4.79 Å². The third-order valence-electron chi connectivity index (χ3n) is 3.73. The number of carbonyl (C=O) groups is 2. The van der Waals surface area contributed by atoms with Crippen LogP contribution in [0.5, 0.6) is 0 Å². The average molecular weight is 352 g/mol. The Morgan fingerprint density at radius 2 is 1.96 bits per heavy atom. The minimum atomic E-state index is -1.02. The number of rotatable bonds is 3. The molecule has 126 valence electrons. The van der Waals surface area contributed by atoms with Crippen LogP contribution >= 0.6 is 11.8 Å². The molecule has 2 aromatic rings. The first-order valence-electron chi connectivity index (χ1n) is 7.61. The van der Waals surface area contributed by atoms with Crippen molar-refractivity contribution in [3.8, 4) is 0 Å². The van der Waals surface area contributed by atoms with Gasteiger partial charge in [-0.25, -0.2) is 4.79 Å². The molecule has 0 aliphatic carbocycles. The van der Waals surface area contributed by atoms with Crippen LogP contribution in [-0.4, -0.2) is 29.2 Å². The Balaban J connectivity index is 1.87. The first-order valence-corrected chi connectivity index (χ1v) is 8.42. The number of hydrogen-bond donors (Lipinski definition) is 1. The maximum atomic E-state index is 12.2. The monoisotopic (exact) mass is 352 g/mol. The molecule has 1 aliphatic heterocycles. The van der Waals surface area contributed by atoms with Crippen LogP contribution in [0.2, 0.25) is 0 Å². The van der Waals surface area contributed by atoms with Gasteiger partial charge in [-0.1, -0.05) is 42.0 Å². The summed E-state index contributed by atoms with van der Waals surface area (Å²) >= 11 is 1.24. The fourth-order valence-electron chi connectivity index (χ4n) is 2.50. The van der Waals surface area contributed by atoms with E-state index in [1.54, 1.807) is 36.2 Å². The Hall–Kier alpha value is -2.86. The number of amidine groups is 1. The van der Waals surface area contributed by atoms with E-state index in [4.69, 9.17) is 0 Å². The molecule has 5 nitrogen and oxygen atoms in total. The van der Waals surface area contributed by atoms with Crippen LogP contribution in [0.1, 0.15) is 21.5 Å². The summed E-state index contributed by atoms with van der Waals surface area (Å²) in [6.45, 7) is 1.99. The first kappa shape index (κ1) is 17.0. The molecule has 1 amide bonds. The molecule has 6 heteroatoms. The molecule has 0 fully saturated rings. The zero-order valence-corrected chi connectivity index (χ0v) is 14.6. The van der Waals surface area contributed by atoms with Crippen molar-refractivity contribution < 1.29 is 14.7 Å². The molecular weight excluding hydrogens is 336 g/mol. The number of anilines is 1. The molecular formula is C19H16N2O3S. The molecule has 0 atom stereocenters. The van der Waals surface area contributed by atoms with E-state index in [9.17, 15) is 14.7 Å². The second kappa shape index (κ2) is 6.94. The third kappa shape index (κ3) is 3.64. The highest BCUT2D eigenvalue weighted by molar-refractivity contribution is 8.18. The highest BCUT2D eigenvalue weighted by Gasteiger charge is 2.26. The van der Waals surface area contributed by atoms with Crippen LogP contribution in [0.15, 0.2) is 58.4 Å². The van der Waals surface area contributed by atoms with Crippen molar-refractivity contribution in [1.29, 1.82) is 0 Å². The molecule has 1 heterocycles. The normalized spacial score (nSPS) is 15.4. The molecule has 0 unspecified atom stereocenters. The van der Waals surface area contributed by atoms with Crippen LogP contribution < -0.4 is 4.90 Å². The lowest BCUT2D eigenvalue weighted by molar-refractivity contribution is -0.113. The Bertz CT molecular complexity index is 918. The summed E-state index contributed by atoms with van der Waals surface area (Å²) in [5, 5.41) is 9.79. The number of benzene rings is 2. The number of aromatic carboxylic acids is 1. The number of aliphatic imine (C=N–C) groups is 1. The standard InChI is InChI=1S/C19H16N2O3S/c1-12-6-5-7-13(10-12)11-16-17(22)20-19(25-16)21(2)15-9-4-3-8-14(15)18(23)24/h3-11H,1-2H3,(H,23,24)/b16-11-. The number of nitrogens with zero attached hydrogens (tertiary/aromatic N) is 2. The highest BCUT2D eigenvalue weighted by atomic mass is 32.2. The Labute approximate surface area is 149 Å². The predicted molar refractivity (Wildman–Crippen MR) is 101 cm³/mol. The first-order chi connectivity index (χ1) is 12.0.